The number of anilines is 2. The van der Waals surface area contributed by atoms with E-state index in [9.17, 15) is 5.11 Å². The van der Waals surface area contributed by atoms with E-state index in [1.165, 1.54) is 0 Å². The first kappa shape index (κ1) is 14.0. The average Bonchev–Trinajstić information content (AvgIpc) is 2.41. The van der Waals surface area contributed by atoms with Crippen molar-refractivity contribution < 1.29 is 9.84 Å². The lowest BCUT2D eigenvalue weighted by Gasteiger charge is -2.28. The van der Waals surface area contributed by atoms with Gasteiger partial charge in [0.25, 0.3) is 0 Å². The predicted molar refractivity (Wildman–Crippen MR) is 74.2 cm³/mol. The van der Waals surface area contributed by atoms with E-state index < -0.39 is 0 Å². The van der Waals surface area contributed by atoms with Crippen molar-refractivity contribution in [1.29, 1.82) is 0 Å². The number of nitrogens with one attached hydrogen (secondary N) is 2. The Labute approximate surface area is 113 Å². The molecule has 6 nitrogen and oxygen atoms in total. The molecule has 6 heteroatoms. The molecule has 2 atom stereocenters. The summed E-state index contributed by atoms with van der Waals surface area (Å²) >= 11 is 0. The molecule has 106 valence electrons. The van der Waals surface area contributed by atoms with Gasteiger partial charge in [0.2, 0.25) is 0 Å². The summed E-state index contributed by atoms with van der Waals surface area (Å²) in [5, 5.41) is 16.3. The van der Waals surface area contributed by atoms with Gasteiger partial charge in [-0.1, -0.05) is 12.8 Å². The monoisotopic (exact) mass is 266 g/mol. The number of aliphatic hydroxyl groups is 1. The van der Waals surface area contributed by atoms with E-state index in [1.54, 1.807) is 7.11 Å². The van der Waals surface area contributed by atoms with Crippen molar-refractivity contribution in [1.82, 2.24) is 9.97 Å². The minimum atomic E-state index is -0.298. The summed E-state index contributed by atoms with van der Waals surface area (Å²) in [5.74, 6) is 2.11. The fourth-order valence-electron chi connectivity index (χ4n) is 2.36. The van der Waals surface area contributed by atoms with Crippen LogP contribution in [0.5, 0.6) is 0 Å². The third-order valence-corrected chi connectivity index (χ3v) is 3.36. The first-order valence-electron chi connectivity index (χ1n) is 6.72. The summed E-state index contributed by atoms with van der Waals surface area (Å²) < 4.78 is 5.06. The second-order valence-electron chi connectivity index (χ2n) is 4.84. The molecule has 19 heavy (non-hydrogen) atoms. The van der Waals surface area contributed by atoms with Gasteiger partial charge in [0.15, 0.2) is 5.82 Å². The van der Waals surface area contributed by atoms with Gasteiger partial charge in [0.1, 0.15) is 18.2 Å². The van der Waals surface area contributed by atoms with Crippen LogP contribution in [0.15, 0.2) is 6.07 Å². The minimum absolute atomic E-state index is 0.0729. The summed E-state index contributed by atoms with van der Waals surface area (Å²) in [4.78, 5) is 8.71. The number of ether oxygens (including phenoxy) is 1. The third-order valence-electron chi connectivity index (χ3n) is 3.36. The number of hydrogen-bond acceptors (Lipinski definition) is 6. The normalized spacial score (nSPS) is 23.1. The molecule has 1 fully saturated rings. The first-order chi connectivity index (χ1) is 9.22. The molecule has 1 aromatic heterocycles. The Morgan fingerprint density at radius 2 is 2.05 bits per heavy atom. The van der Waals surface area contributed by atoms with Gasteiger partial charge in [-0.15, -0.1) is 0 Å². The molecule has 0 saturated heterocycles. The lowest BCUT2D eigenvalue weighted by Crippen LogP contribution is -2.36. The van der Waals surface area contributed by atoms with Gasteiger partial charge in [-0.05, 0) is 12.8 Å². The highest BCUT2D eigenvalue weighted by molar-refractivity contribution is 5.47. The number of nitrogens with zero attached hydrogens (tertiary/aromatic N) is 2. The second kappa shape index (κ2) is 6.68. The van der Waals surface area contributed by atoms with Gasteiger partial charge in [0.05, 0.1) is 12.1 Å². The van der Waals surface area contributed by atoms with Crippen LogP contribution in [0.3, 0.4) is 0 Å². The zero-order valence-corrected chi connectivity index (χ0v) is 11.5. The summed E-state index contributed by atoms with van der Waals surface area (Å²) in [7, 11) is 3.44. The van der Waals surface area contributed by atoms with Crippen LogP contribution in [0.2, 0.25) is 0 Å². The molecule has 1 saturated carbocycles. The third kappa shape index (κ3) is 3.78. The van der Waals surface area contributed by atoms with Crippen molar-refractivity contribution in [2.75, 3.05) is 24.8 Å². The zero-order chi connectivity index (χ0) is 13.7. The molecule has 0 aromatic carbocycles. The zero-order valence-electron chi connectivity index (χ0n) is 11.5. The Morgan fingerprint density at radius 3 is 2.74 bits per heavy atom. The lowest BCUT2D eigenvalue weighted by molar-refractivity contribution is 0.116. The molecule has 0 radical (unpaired) electrons. The van der Waals surface area contributed by atoms with Crippen LogP contribution in [0.1, 0.15) is 31.5 Å². The van der Waals surface area contributed by atoms with Crippen molar-refractivity contribution in [3.05, 3.63) is 11.9 Å². The number of aliphatic hydroxyl groups excluding tert-OH is 1. The van der Waals surface area contributed by atoms with E-state index in [2.05, 4.69) is 20.6 Å². The fraction of sp³-hybridized carbons (Fsp3) is 0.692. The number of aromatic nitrogens is 2. The topological polar surface area (TPSA) is 79.3 Å². The Morgan fingerprint density at radius 1 is 1.32 bits per heavy atom. The van der Waals surface area contributed by atoms with Gasteiger partial charge in [-0.25, -0.2) is 9.97 Å². The molecule has 1 aliphatic carbocycles. The molecular weight excluding hydrogens is 244 g/mol. The van der Waals surface area contributed by atoms with Gasteiger partial charge < -0.3 is 20.5 Å². The van der Waals surface area contributed by atoms with E-state index in [1.807, 2.05) is 13.1 Å². The molecule has 2 unspecified atom stereocenters. The van der Waals surface area contributed by atoms with E-state index in [-0.39, 0.29) is 12.1 Å². The summed E-state index contributed by atoms with van der Waals surface area (Å²) in [6.07, 6.45) is 3.77. The molecule has 0 bridgehead atoms. The Balaban J connectivity index is 2.11. The number of hydrogen-bond donors (Lipinski definition) is 3. The average molecular weight is 266 g/mol. The smallest absolute Gasteiger partial charge is 0.158 e. The minimum Gasteiger partial charge on any atom is -0.391 e. The molecular formula is C13H22N4O2. The molecule has 2 rings (SSSR count). The number of methoxy groups -OCH3 is 1. The maximum Gasteiger partial charge on any atom is 0.158 e. The number of rotatable bonds is 5. The van der Waals surface area contributed by atoms with Gasteiger partial charge in [-0.2, -0.15) is 0 Å². The van der Waals surface area contributed by atoms with Gasteiger partial charge >= 0.3 is 0 Å². The Kier molecular flexibility index (Phi) is 4.93. The Hall–Kier alpha value is -1.40. The lowest BCUT2D eigenvalue weighted by atomic mass is 9.92. The first-order valence-corrected chi connectivity index (χ1v) is 6.72. The quantitative estimate of drug-likeness (QED) is 0.747. The van der Waals surface area contributed by atoms with E-state index in [0.29, 0.717) is 12.4 Å². The van der Waals surface area contributed by atoms with E-state index in [0.717, 1.165) is 37.3 Å². The Bertz CT molecular complexity index is 414. The molecule has 1 aliphatic rings. The van der Waals surface area contributed by atoms with Crippen molar-refractivity contribution in [3.8, 4) is 0 Å². The van der Waals surface area contributed by atoms with Crippen molar-refractivity contribution >= 4 is 11.6 Å². The van der Waals surface area contributed by atoms with E-state index >= 15 is 0 Å². The predicted octanol–water partition coefficient (Wildman–Crippen LogP) is 1.38. The summed E-state index contributed by atoms with van der Waals surface area (Å²) in [6, 6.07) is 1.92. The maximum atomic E-state index is 9.98. The van der Waals surface area contributed by atoms with Crippen molar-refractivity contribution in [3.63, 3.8) is 0 Å². The largest absolute Gasteiger partial charge is 0.391 e. The maximum absolute atomic E-state index is 9.98. The van der Waals surface area contributed by atoms with Crippen LogP contribution in [0.4, 0.5) is 11.6 Å². The van der Waals surface area contributed by atoms with Crippen molar-refractivity contribution in [2.45, 2.75) is 44.4 Å². The molecule has 0 amide bonds. The van der Waals surface area contributed by atoms with Crippen molar-refractivity contribution in [2.24, 2.45) is 0 Å². The van der Waals surface area contributed by atoms with Crippen LogP contribution in [0.25, 0.3) is 0 Å². The van der Waals surface area contributed by atoms with E-state index in [4.69, 9.17) is 4.74 Å². The molecule has 1 heterocycles. The molecule has 1 aromatic rings. The highest BCUT2D eigenvalue weighted by Crippen LogP contribution is 2.22. The molecule has 0 spiro atoms. The standard InChI is InChI=1S/C13H22N4O2/c1-14-11-7-12(17-13(16-11)8-19-2)15-9-5-3-4-6-10(9)18/h7,9-10,18H,3-6,8H2,1-2H3,(H2,14,15,16,17). The van der Waals surface area contributed by atoms with Gasteiger partial charge in [0, 0.05) is 20.2 Å². The molecule has 3 N–H and O–H groups in total. The van der Waals surface area contributed by atoms with Crippen LogP contribution < -0.4 is 10.6 Å². The summed E-state index contributed by atoms with van der Waals surface area (Å²) in [6.45, 7) is 0.372. The van der Waals surface area contributed by atoms with Crippen LogP contribution in [0, 0.1) is 0 Å². The van der Waals surface area contributed by atoms with Crippen LogP contribution in [-0.4, -0.2) is 41.4 Å². The fourth-order valence-corrected chi connectivity index (χ4v) is 2.36. The SMILES string of the molecule is CNc1cc(NC2CCCCC2O)nc(COC)n1. The summed E-state index contributed by atoms with van der Waals surface area (Å²) in [5.41, 5.74) is 0. The second-order valence-corrected chi connectivity index (χ2v) is 4.84. The highest BCUT2D eigenvalue weighted by Gasteiger charge is 2.23. The highest BCUT2D eigenvalue weighted by atomic mass is 16.5. The molecule has 0 aliphatic heterocycles. The van der Waals surface area contributed by atoms with Crippen LogP contribution in [-0.2, 0) is 11.3 Å². The van der Waals surface area contributed by atoms with Crippen LogP contribution >= 0.6 is 0 Å². The van der Waals surface area contributed by atoms with Gasteiger partial charge in [-0.3, -0.25) is 0 Å².